The summed E-state index contributed by atoms with van der Waals surface area (Å²) in [7, 11) is 0. The van der Waals surface area contributed by atoms with Gasteiger partial charge in [-0.2, -0.15) is 0 Å². The van der Waals surface area contributed by atoms with Crippen LogP contribution < -0.4 is 0 Å². The number of hydrogen-bond donors (Lipinski definition) is 2. The molecule has 72 valence electrons. The molecule has 0 saturated heterocycles. The van der Waals surface area contributed by atoms with Crippen LogP contribution in [-0.2, 0) is 4.79 Å². The van der Waals surface area contributed by atoms with Gasteiger partial charge in [-0.05, 0) is 12.3 Å². The van der Waals surface area contributed by atoms with Crippen molar-refractivity contribution < 1.29 is 19.4 Å². The third-order valence-corrected chi connectivity index (χ3v) is 1.86. The van der Waals surface area contributed by atoms with Crippen LogP contribution >= 0.6 is 0 Å². The summed E-state index contributed by atoms with van der Waals surface area (Å²) in [6, 6.07) is 0. The molecular weight excluding hydrogens is 163 g/mol. The van der Waals surface area contributed by atoms with E-state index in [-0.39, 0.29) is 5.92 Å². The molecule has 0 aliphatic carbocycles. The minimum absolute atomic E-state index is 0.305. The Morgan fingerprint density at radius 3 is 2.42 bits per heavy atom. The summed E-state index contributed by atoms with van der Waals surface area (Å²) in [5.74, 6) is -1.90. The minimum Gasteiger partial charge on any atom is -0.479 e. The number of aliphatic hydroxyl groups is 1. The fourth-order valence-corrected chi connectivity index (χ4v) is 1.06. The topological polar surface area (TPSA) is 57.5 Å². The highest BCUT2D eigenvalue weighted by molar-refractivity contribution is 5.72. The van der Waals surface area contributed by atoms with Crippen LogP contribution in [0.4, 0.5) is 4.39 Å². The Balaban J connectivity index is 3.99. The molecule has 0 rings (SSSR count). The smallest absolute Gasteiger partial charge is 0.341 e. The van der Waals surface area contributed by atoms with Crippen LogP contribution in [0.1, 0.15) is 26.7 Å². The quantitative estimate of drug-likeness (QED) is 0.665. The highest BCUT2D eigenvalue weighted by Gasteiger charge is 2.29. The van der Waals surface area contributed by atoms with Crippen LogP contribution in [0.3, 0.4) is 0 Å². The number of carbonyl (C=O) groups is 1. The van der Waals surface area contributed by atoms with Crippen molar-refractivity contribution in [3.05, 3.63) is 0 Å². The van der Waals surface area contributed by atoms with Crippen molar-refractivity contribution in [3.8, 4) is 0 Å². The molecule has 0 fully saturated rings. The van der Waals surface area contributed by atoms with Gasteiger partial charge in [-0.15, -0.1) is 0 Å². The Morgan fingerprint density at radius 2 is 2.08 bits per heavy atom. The number of rotatable bonds is 5. The summed E-state index contributed by atoms with van der Waals surface area (Å²) in [5.41, 5.74) is 0. The average Bonchev–Trinajstić information content (AvgIpc) is 2.02. The molecule has 0 aliphatic rings. The van der Waals surface area contributed by atoms with Gasteiger partial charge in [0.05, 0.1) is 6.10 Å². The Kier molecular flexibility index (Phi) is 4.81. The maximum absolute atomic E-state index is 12.6. The fourth-order valence-electron chi connectivity index (χ4n) is 1.06. The molecule has 4 heteroatoms. The van der Waals surface area contributed by atoms with Crippen LogP contribution in [0.15, 0.2) is 0 Å². The molecular formula is C8H15FO3. The maximum Gasteiger partial charge on any atom is 0.341 e. The Hall–Kier alpha value is -0.640. The molecule has 0 aliphatic heterocycles. The number of aliphatic hydroxyl groups excluding tert-OH is 1. The van der Waals surface area contributed by atoms with Gasteiger partial charge in [0.15, 0.2) is 0 Å². The highest BCUT2D eigenvalue weighted by atomic mass is 19.1. The van der Waals surface area contributed by atoms with Gasteiger partial charge >= 0.3 is 5.97 Å². The number of hydrogen-bond acceptors (Lipinski definition) is 2. The largest absolute Gasteiger partial charge is 0.479 e. The van der Waals surface area contributed by atoms with Crippen molar-refractivity contribution in [1.29, 1.82) is 0 Å². The van der Waals surface area contributed by atoms with Crippen molar-refractivity contribution in [2.75, 3.05) is 0 Å². The van der Waals surface area contributed by atoms with E-state index in [2.05, 4.69) is 0 Å². The van der Waals surface area contributed by atoms with Gasteiger partial charge in [0.1, 0.15) is 0 Å². The van der Waals surface area contributed by atoms with Crippen LogP contribution in [0.5, 0.6) is 0 Å². The molecule has 0 amide bonds. The molecule has 0 radical (unpaired) electrons. The number of halogens is 1. The Labute approximate surface area is 71.2 Å². The zero-order valence-corrected chi connectivity index (χ0v) is 7.33. The van der Waals surface area contributed by atoms with E-state index in [1.165, 1.54) is 0 Å². The van der Waals surface area contributed by atoms with E-state index in [9.17, 15) is 9.18 Å². The van der Waals surface area contributed by atoms with Gasteiger partial charge in [-0.1, -0.05) is 20.3 Å². The Bertz CT molecular complexity index is 149. The SMILES string of the molecule is CCCC(C)C(O)C(F)C(=O)O. The van der Waals surface area contributed by atoms with Crippen molar-refractivity contribution >= 4 is 5.97 Å². The number of carboxylic acid groups (broad SMARTS) is 1. The van der Waals surface area contributed by atoms with Crippen LogP contribution in [-0.4, -0.2) is 28.5 Å². The van der Waals surface area contributed by atoms with E-state index >= 15 is 0 Å². The van der Waals surface area contributed by atoms with Crippen molar-refractivity contribution in [2.45, 2.75) is 39.0 Å². The van der Waals surface area contributed by atoms with E-state index in [0.29, 0.717) is 6.42 Å². The maximum atomic E-state index is 12.6. The van der Waals surface area contributed by atoms with Gasteiger partial charge < -0.3 is 10.2 Å². The predicted molar refractivity (Wildman–Crippen MR) is 42.6 cm³/mol. The fraction of sp³-hybridized carbons (Fsp3) is 0.875. The van der Waals surface area contributed by atoms with E-state index in [0.717, 1.165) is 6.42 Å². The molecule has 3 unspecified atom stereocenters. The van der Waals surface area contributed by atoms with Gasteiger partial charge in [-0.3, -0.25) is 0 Å². The number of alkyl halides is 1. The molecule has 0 aromatic heterocycles. The predicted octanol–water partition coefficient (Wildman–Crippen LogP) is 1.21. The second kappa shape index (κ2) is 5.09. The van der Waals surface area contributed by atoms with E-state index in [4.69, 9.17) is 10.2 Å². The second-order valence-corrected chi connectivity index (χ2v) is 3.00. The van der Waals surface area contributed by atoms with Crippen molar-refractivity contribution in [2.24, 2.45) is 5.92 Å². The molecule has 0 saturated carbocycles. The highest BCUT2D eigenvalue weighted by Crippen LogP contribution is 2.15. The first-order valence-electron chi connectivity index (χ1n) is 4.05. The summed E-state index contributed by atoms with van der Waals surface area (Å²) in [6.07, 6.45) is -2.10. The van der Waals surface area contributed by atoms with Crippen LogP contribution in [0, 0.1) is 5.92 Å². The summed E-state index contributed by atoms with van der Waals surface area (Å²) in [5, 5.41) is 17.4. The molecule has 3 nitrogen and oxygen atoms in total. The minimum atomic E-state index is -2.16. The van der Waals surface area contributed by atoms with Gasteiger partial charge in [0, 0.05) is 0 Å². The number of carboxylic acids is 1. The lowest BCUT2D eigenvalue weighted by molar-refractivity contribution is -0.148. The standard InChI is InChI=1S/C8H15FO3/c1-3-4-5(2)7(10)6(9)8(11)12/h5-7,10H,3-4H2,1-2H3,(H,11,12). The summed E-state index contributed by atoms with van der Waals surface area (Å²) >= 11 is 0. The molecule has 0 aromatic carbocycles. The average molecular weight is 178 g/mol. The molecule has 0 heterocycles. The first kappa shape index (κ1) is 11.4. The third kappa shape index (κ3) is 3.17. The lowest BCUT2D eigenvalue weighted by atomic mass is 9.96. The zero-order valence-electron chi connectivity index (χ0n) is 7.33. The van der Waals surface area contributed by atoms with E-state index in [1.807, 2.05) is 6.92 Å². The summed E-state index contributed by atoms with van der Waals surface area (Å²) in [6.45, 7) is 3.54. The van der Waals surface area contributed by atoms with Gasteiger partial charge in [0.2, 0.25) is 6.17 Å². The summed E-state index contributed by atoms with van der Waals surface area (Å²) in [4.78, 5) is 10.1. The molecule has 2 N–H and O–H groups in total. The van der Waals surface area contributed by atoms with E-state index in [1.54, 1.807) is 6.92 Å². The monoisotopic (exact) mass is 178 g/mol. The van der Waals surface area contributed by atoms with E-state index < -0.39 is 18.2 Å². The lowest BCUT2D eigenvalue weighted by Gasteiger charge is -2.18. The van der Waals surface area contributed by atoms with Crippen molar-refractivity contribution in [1.82, 2.24) is 0 Å². The third-order valence-electron chi connectivity index (χ3n) is 1.86. The number of aliphatic carboxylic acids is 1. The summed E-state index contributed by atoms with van der Waals surface area (Å²) < 4.78 is 12.6. The van der Waals surface area contributed by atoms with Gasteiger partial charge in [0.25, 0.3) is 0 Å². The molecule has 3 atom stereocenters. The lowest BCUT2D eigenvalue weighted by Crippen LogP contribution is -2.34. The molecule has 0 spiro atoms. The van der Waals surface area contributed by atoms with Gasteiger partial charge in [-0.25, -0.2) is 9.18 Å². The zero-order chi connectivity index (χ0) is 9.72. The van der Waals surface area contributed by atoms with Crippen LogP contribution in [0.2, 0.25) is 0 Å². The Morgan fingerprint density at radius 1 is 1.58 bits per heavy atom. The molecule has 0 aromatic rings. The second-order valence-electron chi connectivity index (χ2n) is 3.00. The molecule has 0 bridgehead atoms. The van der Waals surface area contributed by atoms with Crippen LogP contribution in [0.25, 0.3) is 0 Å². The first-order valence-corrected chi connectivity index (χ1v) is 4.05. The van der Waals surface area contributed by atoms with Crippen molar-refractivity contribution in [3.63, 3.8) is 0 Å². The first-order chi connectivity index (χ1) is 5.50. The molecule has 12 heavy (non-hydrogen) atoms. The normalized spacial score (nSPS) is 18.3.